The van der Waals surface area contributed by atoms with Crippen molar-refractivity contribution >= 4 is 21.9 Å². The Morgan fingerprint density at radius 1 is 1.52 bits per heavy atom. The molecule has 1 unspecified atom stereocenters. The van der Waals surface area contributed by atoms with Gasteiger partial charge in [-0.3, -0.25) is 0 Å². The Hall–Kier alpha value is -0.880. The van der Waals surface area contributed by atoms with Crippen molar-refractivity contribution in [1.82, 2.24) is 15.3 Å². The number of hydrogen-bond acceptors (Lipinski definition) is 5. The number of methoxy groups -OCH3 is 1. The molecule has 1 atom stereocenters. The summed E-state index contributed by atoms with van der Waals surface area (Å²) < 4.78 is 6.05. The van der Waals surface area contributed by atoms with Crippen molar-refractivity contribution in [3.63, 3.8) is 0 Å². The van der Waals surface area contributed by atoms with Gasteiger partial charge in [0.15, 0.2) is 0 Å². The first kappa shape index (κ1) is 16.5. The molecule has 0 saturated carbocycles. The Kier molecular flexibility index (Phi) is 6.23. The van der Waals surface area contributed by atoms with Gasteiger partial charge in [0, 0.05) is 13.1 Å². The lowest BCUT2D eigenvalue weighted by atomic mass is 9.98. The number of ether oxygens (including phenoxy) is 1. The molecule has 2 heterocycles. The van der Waals surface area contributed by atoms with Gasteiger partial charge < -0.3 is 15.0 Å². The molecule has 0 spiro atoms. The van der Waals surface area contributed by atoms with Crippen LogP contribution in [-0.4, -0.2) is 43.3 Å². The Bertz CT molecular complexity index is 455. The van der Waals surface area contributed by atoms with Crippen LogP contribution in [0.2, 0.25) is 0 Å². The monoisotopic (exact) mass is 356 g/mol. The third-order valence-electron chi connectivity index (χ3n) is 3.68. The van der Waals surface area contributed by atoms with Gasteiger partial charge in [0.1, 0.15) is 0 Å². The van der Waals surface area contributed by atoms with E-state index in [1.165, 1.54) is 12.8 Å². The third kappa shape index (κ3) is 4.81. The number of nitrogens with zero attached hydrogens (tertiary/aromatic N) is 3. The molecule has 5 nitrogen and oxygen atoms in total. The van der Waals surface area contributed by atoms with Crippen LogP contribution in [0.5, 0.6) is 5.88 Å². The summed E-state index contributed by atoms with van der Waals surface area (Å²) >= 11 is 3.40. The fraction of sp³-hybridized carbons (Fsp3) is 0.733. The summed E-state index contributed by atoms with van der Waals surface area (Å²) in [5.74, 6) is 2.73. The highest BCUT2D eigenvalue weighted by Gasteiger charge is 2.22. The highest BCUT2D eigenvalue weighted by molar-refractivity contribution is 9.10. The van der Waals surface area contributed by atoms with Gasteiger partial charge in [-0.2, -0.15) is 4.98 Å². The van der Waals surface area contributed by atoms with E-state index >= 15 is 0 Å². The molecular weight excluding hydrogens is 332 g/mol. The summed E-state index contributed by atoms with van der Waals surface area (Å²) in [5, 5.41) is 3.56. The quantitative estimate of drug-likeness (QED) is 0.848. The predicted molar refractivity (Wildman–Crippen MR) is 88.9 cm³/mol. The lowest BCUT2D eigenvalue weighted by molar-refractivity contribution is 0.374. The summed E-state index contributed by atoms with van der Waals surface area (Å²) in [7, 11) is 1.63. The molecule has 21 heavy (non-hydrogen) atoms. The number of aromatic nitrogens is 2. The minimum absolute atomic E-state index is 0.597. The molecule has 1 fully saturated rings. The lowest BCUT2D eigenvalue weighted by Gasteiger charge is -2.33. The predicted octanol–water partition coefficient (Wildman–Crippen LogP) is 2.71. The minimum atomic E-state index is 0.597. The summed E-state index contributed by atoms with van der Waals surface area (Å²) in [6.45, 7) is 8.66. The molecular formula is C15H25BrN4O. The van der Waals surface area contributed by atoms with Crippen LogP contribution in [0, 0.1) is 11.8 Å². The number of nitrogens with one attached hydrogen (secondary N) is 1. The maximum Gasteiger partial charge on any atom is 0.232 e. The van der Waals surface area contributed by atoms with E-state index in [2.05, 4.69) is 50.0 Å². The van der Waals surface area contributed by atoms with Crippen molar-refractivity contribution in [2.45, 2.75) is 26.7 Å². The van der Waals surface area contributed by atoms with E-state index in [0.717, 1.165) is 36.6 Å². The van der Waals surface area contributed by atoms with E-state index in [-0.39, 0.29) is 0 Å². The first-order valence-corrected chi connectivity index (χ1v) is 8.41. The number of piperidine rings is 1. The van der Waals surface area contributed by atoms with E-state index < -0.39 is 0 Å². The normalized spacial score (nSPS) is 19.1. The van der Waals surface area contributed by atoms with Gasteiger partial charge in [0.25, 0.3) is 0 Å². The minimum Gasteiger partial charge on any atom is -0.480 e. The van der Waals surface area contributed by atoms with Crippen molar-refractivity contribution in [2.75, 3.05) is 38.2 Å². The van der Waals surface area contributed by atoms with Crippen LogP contribution in [0.1, 0.15) is 26.7 Å². The van der Waals surface area contributed by atoms with E-state index in [0.29, 0.717) is 17.7 Å². The van der Waals surface area contributed by atoms with Crippen LogP contribution in [0.3, 0.4) is 0 Å². The van der Waals surface area contributed by atoms with Crippen LogP contribution in [0.4, 0.5) is 5.95 Å². The number of halogens is 1. The van der Waals surface area contributed by atoms with Crippen molar-refractivity contribution in [3.8, 4) is 5.88 Å². The van der Waals surface area contributed by atoms with Crippen molar-refractivity contribution in [1.29, 1.82) is 0 Å². The zero-order chi connectivity index (χ0) is 15.2. The van der Waals surface area contributed by atoms with Crippen molar-refractivity contribution in [3.05, 3.63) is 10.7 Å². The molecule has 118 valence electrons. The van der Waals surface area contributed by atoms with Crippen LogP contribution in [-0.2, 0) is 0 Å². The molecule has 1 N–H and O–H groups in total. The first-order valence-electron chi connectivity index (χ1n) is 7.62. The van der Waals surface area contributed by atoms with Gasteiger partial charge in [-0.25, -0.2) is 4.98 Å². The molecule has 0 aliphatic carbocycles. The standard InChI is InChI=1S/C15H25BrN4O/c1-11(2)7-17-8-12-5-4-6-20(10-12)15-18-9-13(16)14(19-15)21-3/h9,11-12,17H,4-8,10H2,1-3H3. The van der Waals surface area contributed by atoms with E-state index in [1.807, 2.05) is 0 Å². The molecule has 1 saturated heterocycles. The average Bonchev–Trinajstić information content (AvgIpc) is 2.47. The number of hydrogen-bond donors (Lipinski definition) is 1. The molecule has 2 rings (SSSR count). The Balaban J connectivity index is 1.94. The number of rotatable bonds is 6. The number of anilines is 1. The maximum absolute atomic E-state index is 5.26. The SMILES string of the molecule is COc1nc(N2CCCC(CNCC(C)C)C2)ncc1Br. The molecule has 1 aromatic rings. The molecule has 0 bridgehead atoms. The molecule has 0 amide bonds. The zero-order valence-electron chi connectivity index (χ0n) is 13.1. The van der Waals surface area contributed by atoms with Gasteiger partial charge in [0.05, 0.1) is 17.8 Å². The van der Waals surface area contributed by atoms with Crippen LogP contribution in [0.25, 0.3) is 0 Å². The Labute approximate surface area is 135 Å². The second kappa shape index (κ2) is 7.94. The van der Waals surface area contributed by atoms with Crippen LogP contribution >= 0.6 is 15.9 Å². The third-order valence-corrected chi connectivity index (χ3v) is 4.22. The van der Waals surface area contributed by atoms with E-state index in [4.69, 9.17) is 4.74 Å². The second-order valence-electron chi connectivity index (χ2n) is 6.03. The molecule has 1 aliphatic rings. The topological polar surface area (TPSA) is 50.3 Å². The smallest absolute Gasteiger partial charge is 0.232 e. The van der Waals surface area contributed by atoms with Crippen LogP contribution < -0.4 is 15.0 Å². The maximum atomic E-state index is 5.26. The average molecular weight is 357 g/mol. The lowest BCUT2D eigenvalue weighted by Crippen LogP contribution is -2.41. The van der Waals surface area contributed by atoms with Gasteiger partial charge >= 0.3 is 0 Å². The summed E-state index contributed by atoms with van der Waals surface area (Å²) in [5.41, 5.74) is 0. The fourth-order valence-corrected chi connectivity index (χ4v) is 2.98. The molecule has 1 aliphatic heterocycles. The molecule has 1 aromatic heterocycles. The van der Waals surface area contributed by atoms with Gasteiger partial charge in [-0.05, 0) is 53.7 Å². The van der Waals surface area contributed by atoms with E-state index in [1.54, 1.807) is 13.3 Å². The highest BCUT2D eigenvalue weighted by Crippen LogP contribution is 2.26. The summed E-state index contributed by atoms with van der Waals surface area (Å²) in [6, 6.07) is 0. The first-order chi connectivity index (χ1) is 10.1. The Morgan fingerprint density at radius 3 is 3.05 bits per heavy atom. The highest BCUT2D eigenvalue weighted by atomic mass is 79.9. The van der Waals surface area contributed by atoms with Crippen LogP contribution in [0.15, 0.2) is 10.7 Å². The van der Waals surface area contributed by atoms with E-state index in [9.17, 15) is 0 Å². The zero-order valence-corrected chi connectivity index (χ0v) is 14.7. The Morgan fingerprint density at radius 2 is 2.33 bits per heavy atom. The van der Waals surface area contributed by atoms with Gasteiger partial charge in [0.2, 0.25) is 11.8 Å². The molecule has 0 radical (unpaired) electrons. The largest absolute Gasteiger partial charge is 0.480 e. The van der Waals surface area contributed by atoms with Gasteiger partial charge in [-0.1, -0.05) is 13.8 Å². The van der Waals surface area contributed by atoms with Crippen molar-refractivity contribution < 1.29 is 4.74 Å². The summed E-state index contributed by atoms with van der Waals surface area (Å²) in [4.78, 5) is 11.2. The molecule has 0 aromatic carbocycles. The molecule has 6 heteroatoms. The fourth-order valence-electron chi connectivity index (χ4n) is 2.63. The summed E-state index contributed by atoms with van der Waals surface area (Å²) in [6.07, 6.45) is 4.23. The van der Waals surface area contributed by atoms with Gasteiger partial charge in [-0.15, -0.1) is 0 Å². The second-order valence-corrected chi connectivity index (χ2v) is 6.89. The van der Waals surface area contributed by atoms with Crippen molar-refractivity contribution in [2.24, 2.45) is 11.8 Å².